The lowest BCUT2D eigenvalue weighted by Crippen LogP contribution is -2.45. The Labute approximate surface area is 127 Å². The number of hydrogen-bond acceptors (Lipinski definition) is 4. The summed E-state index contributed by atoms with van der Waals surface area (Å²) >= 11 is 0. The molecule has 1 aromatic rings. The molecule has 2 aliphatic rings. The van der Waals surface area contributed by atoms with Gasteiger partial charge in [0.05, 0.1) is 12.2 Å². The van der Waals surface area contributed by atoms with Gasteiger partial charge < -0.3 is 9.47 Å². The highest BCUT2D eigenvalue weighted by Crippen LogP contribution is 2.41. The summed E-state index contributed by atoms with van der Waals surface area (Å²) in [5.74, 6) is 6.43. The van der Waals surface area contributed by atoms with Crippen molar-refractivity contribution in [2.75, 3.05) is 19.8 Å². The predicted molar refractivity (Wildman–Crippen MR) is 82.8 cm³/mol. The van der Waals surface area contributed by atoms with Crippen LogP contribution in [-0.2, 0) is 9.47 Å². The van der Waals surface area contributed by atoms with E-state index < -0.39 is 0 Å². The van der Waals surface area contributed by atoms with Crippen LogP contribution in [0.5, 0.6) is 0 Å². The first kappa shape index (κ1) is 15.0. The fourth-order valence-electron chi connectivity index (χ4n) is 3.99. The molecule has 2 saturated heterocycles. The van der Waals surface area contributed by atoms with Gasteiger partial charge in [-0.05, 0) is 49.3 Å². The minimum absolute atomic E-state index is 0.0748. The average Bonchev–Trinajstić information content (AvgIpc) is 2.91. The van der Waals surface area contributed by atoms with E-state index in [0.717, 1.165) is 39.1 Å². The molecule has 4 nitrogen and oxygen atoms in total. The number of hydrazine groups is 1. The summed E-state index contributed by atoms with van der Waals surface area (Å²) in [5.41, 5.74) is 6.97. The van der Waals surface area contributed by atoms with Gasteiger partial charge in [0.25, 0.3) is 0 Å². The van der Waals surface area contributed by atoms with Gasteiger partial charge in [0.15, 0.2) is 0 Å². The summed E-state index contributed by atoms with van der Waals surface area (Å²) < 4.78 is 11.6. The molecular formula is C17H26N2O2. The summed E-state index contributed by atoms with van der Waals surface area (Å²) in [6, 6.07) is 6.63. The second-order valence-electron chi connectivity index (χ2n) is 6.54. The highest BCUT2D eigenvalue weighted by Gasteiger charge is 2.43. The van der Waals surface area contributed by atoms with Crippen molar-refractivity contribution in [1.29, 1.82) is 0 Å². The largest absolute Gasteiger partial charge is 0.378 e. The van der Waals surface area contributed by atoms with Crippen LogP contribution in [0, 0.1) is 19.8 Å². The first-order valence-electron chi connectivity index (χ1n) is 7.89. The highest BCUT2D eigenvalue weighted by atomic mass is 16.6. The van der Waals surface area contributed by atoms with Crippen molar-refractivity contribution in [3.05, 3.63) is 34.9 Å². The van der Waals surface area contributed by atoms with Gasteiger partial charge in [0, 0.05) is 25.7 Å². The molecule has 0 aromatic heterocycles. The lowest BCUT2D eigenvalue weighted by Gasteiger charge is -2.41. The minimum Gasteiger partial charge on any atom is -0.378 e. The van der Waals surface area contributed by atoms with Crippen molar-refractivity contribution in [1.82, 2.24) is 5.43 Å². The number of aryl methyl sites for hydroxylation is 2. The van der Waals surface area contributed by atoms with Gasteiger partial charge in [-0.25, -0.2) is 0 Å². The van der Waals surface area contributed by atoms with Gasteiger partial charge in [-0.2, -0.15) is 0 Å². The molecule has 2 heterocycles. The topological polar surface area (TPSA) is 56.5 Å². The van der Waals surface area contributed by atoms with E-state index in [1.165, 1.54) is 16.7 Å². The maximum atomic E-state index is 6.05. The van der Waals surface area contributed by atoms with E-state index in [0.29, 0.717) is 5.92 Å². The van der Waals surface area contributed by atoms with E-state index in [4.69, 9.17) is 15.3 Å². The average molecular weight is 290 g/mol. The van der Waals surface area contributed by atoms with Gasteiger partial charge in [0.2, 0.25) is 0 Å². The minimum atomic E-state index is -0.0748. The van der Waals surface area contributed by atoms with Crippen molar-refractivity contribution < 1.29 is 9.47 Å². The Balaban J connectivity index is 1.86. The van der Waals surface area contributed by atoms with E-state index in [1.54, 1.807) is 0 Å². The lowest BCUT2D eigenvalue weighted by molar-refractivity contribution is -0.103. The number of ether oxygens (including phenoxy) is 2. The fourth-order valence-corrected chi connectivity index (χ4v) is 3.99. The van der Waals surface area contributed by atoms with Crippen molar-refractivity contribution in [2.45, 2.75) is 44.8 Å². The smallest absolute Gasteiger partial charge is 0.0940 e. The van der Waals surface area contributed by atoms with E-state index in [2.05, 4.69) is 37.5 Å². The Hall–Kier alpha value is -0.940. The number of rotatable bonds is 3. The molecule has 116 valence electrons. The molecule has 3 atom stereocenters. The zero-order valence-corrected chi connectivity index (χ0v) is 13.0. The molecule has 1 aromatic carbocycles. The van der Waals surface area contributed by atoms with Crippen molar-refractivity contribution in [3.8, 4) is 0 Å². The fraction of sp³-hybridized carbons (Fsp3) is 0.647. The zero-order valence-electron chi connectivity index (χ0n) is 13.0. The summed E-state index contributed by atoms with van der Waals surface area (Å²) in [6.07, 6.45) is 3.08. The summed E-state index contributed by atoms with van der Waals surface area (Å²) in [6.45, 7) is 6.68. The molecule has 21 heavy (non-hydrogen) atoms. The Morgan fingerprint density at radius 2 is 2.05 bits per heavy atom. The van der Waals surface area contributed by atoms with Crippen LogP contribution in [0.2, 0.25) is 0 Å². The van der Waals surface area contributed by atoms with E-state index in [9.17, 15) is 0 Å². The van der Waals surface area contributed by atoms with E-state index in [1.807, 2.05) is 0 Å². The third kappa shape index (κ3) is 2.86. The molecular weight excluding hydrogens is 264 g/mol. The van der Waals surface area contributed by atoms with Gasteiger partial charge in [-0.15, -0.1) is 0 Å². The summed E-state index contributed by atoms with van der Waals surface area (Å²) in [7, 11) is 0. The third-order valence-electron chi connectivity index (χ3n) is 5.10. The van der Waals surface area contributed by atoms with E-state index in [-0.39, 0.29) is 11.6 Å². The number of nitrogens with one attached hydrogen (secondary N) is 1. The van der Waals surface area contributed by atoms with Crippen LogP contribution in [0.4, 0.5) is 0 Å². The molecule has 1 spiro atoms. The predicted octanol–water partition coefficient (Wildman–Crippen LogP) is 2.39. The molecule has 0 saturated carbocycles. The van der Waals surface area contributed by atoms with Crippen molar-refractivity contribution >= 4 is 0 Å². The molecule has 2 aliphatic heterocycles. The van der Waals surface area contributed by atoms with Gasteiger partial charge >= 0.3 is 0 Å². The zero-order chi connectivity index (χ0) is 14.9. The maximum Gasteiger partial charge on any atom is 0.0940 e. The Morgan fingerprint density at radius 1 is 1.29 bits per heavy atom. The molecule has 4 heteroatoms. The van der Waals surface area contributed by atoms with Gasteiger partial charge in [-0.3, -0.25) is 11.3 Å². The first-order chi connectivity index (χ1) is 10.2. The Bertz CT molecular complexity index is 477. The number of benzene rings is 1. The van der Waals surface area contributed by atoms with E-state index >= 15 is 0 Å². The SMILES string of the molecule is Cc1cccc(C)c1C(NN)C1CCOC2(CCOC2)C1. The van der Waals surface area contributed by atoms with Crippen LogP contribution in [0.3, 0.4) is 0 Å². The quantitative estimate of drug-likeness (QED) is 0.663. The monoisotopic (exact) mass is 290 g/mol. The normalized spacial score (nSPS) is 30.7. The molecule has 3 rings (SSSR count). The van der Waals surface area contributed by atoms with Crippen LogP contribution in [0.15, 0.2) is 18.2 Å². The van der Waals surface area contributed by atoms with Gasteiger partial charge in [-0.1, -0.05) is 18.2 Å². The molecule has 0 radical (unpaired) electrons. The standard InChI is InChI=1S/C17H26N2O2/c1-12-4-3-5-13(2)15(12)16(19-18)14-6-8-21-17(10-14)7-9-20-11-17/h3-5,14,16,19H,6-11,18H2,1-2H3. The Morgan fingerprint density at radius 3 is 2.67 bits per heavy atom. The van der Waals surface area contributed by atoms with Crippen LogP contribution in [0.1, 0.15) is 42.0 Å². The molecule has 0 bridgehead atoms. The molecule has 3 N–H and O–H groups in total. The second kappa shape index (κ2) is 6.05. The highest BCUT2D eigenvalue weighted by molar-refractivity contribution is 5.36. The van der Waals surface area contributed by atoms with Crippen LogP contribution in [0.25, 0.3) is 0 Å². The van der Waals surface area contributed by atoms with Gasteiger partial charge in [0.1, 0.15) is 0 Å². The summed E-state index contributed by atoms with van der Waals surface area (Å²) in [5, 5.41) is 0. The maximum absolute atomic E-state index is 6.05. The molecule has 3 unspecified atom stereocenters. The van der Waals surface area contributed by atoms with Crippen LogP contribution in [-0.4, -0.2) is 25.4 Å². The number of nitrogens with two attached hydrogens (primary N) is 1. The first-order valence-corrected chi connectivity index (χ1v) is 7.89. The lowest BCUT2D eigenvalue weighted by atomic mass is 9.77. The van der Waals surface area contributed by atoms with Crippen molar-refractivity contribution in [3.63, 3.8) is 0 Å². The van der Waals surface area contributed by atoms with Crippen LogP contribution < -0.4 is 11.3 Å². The van der Waals surface area contributed by atoms with Crippen molar-refractivity contribution in [2.24, 2.45) is 11.8 Å². The molecule has 2 fully saturated rings. The Kier molecular flexibility index (Phi) is 4.31. The third-order valence-corrected chi connectivity index (χ3v) is 5.10. The second-order valence-corrected chi connectivity index (χ2v) is 6.54. The molecule has 0 amide bonds. The molecule has 0 aliphatic carbocycles. The summed E-state index contributed by atoms with van der Waals surface area (Å²) in [4.78, 5) is 0. The number of hydrogen-bond donors (Lipinski definition) is 2. The van der Waals surface area contributed by atoms with Crippen LogP contribution >= 0.6 is 0 Å².